The number of unbranched alkanes of at least 4 members (excludes halogenated alkanes) is 1. The summed E-state index contributed by atoms with van der Waals surface area (Å²) in [4.78, 5) is 0. The summed E-state index contributed by atoms with van der Waals surface area (Å²) in [5, 5.41) is 9.48. The van der Waals surface area contributed by atoms with E-state index < -0.39 is 6.10 Å². The third-order valence-electron chi connectivity index (χ3n) is 2.81. The molecule has 0 amide bonds. The molecule has 2 heterocycles. The fourth-order valence-corrected chi connectivity index (χ4v) is 1.97. The van der Waals surface area contributed by atoms with Crippen LogP contribution in [0.5, 0.6) is 0 Å². The summed E-state index contributed by atoms with van der Waals surface area (Å²) in [5.41, 5.74) is 0. The van der Waals surface area contributed by atoms with Crippen LogP contribution in [-0.4, -0.2) is 49.3 Å². The summed E-state index contributed by atoms with van der Waals surface area (Å²) in [6, 6.07) is 0. The lowest BCUT2D eigenvalue weighted by atomic mass is 10.1. The summed E-state index contributed by atoms with van der Waals surface area (Å²) in [6.07, 6.45) is 1.52. The average Bonchev–Trinajstić information content (AvgIpc) is 2.72. The molecule has 2 saturated heterocycles. The van der Waals surface area contributed by atoms with E-state index in [0.29, 0.717) is 13.2 Å². The van der Waals surface area contributed by atoms with Gasteiger partial charge in [-0.2, -0.15) is 0 Å². The largest absolute Gasteiger partial charge is 0.388 e. The van der Waals surface area contributed by atoms with E-state index in [4.69, 9.17) is 14.2 Å². The van der Waals surface area contributed by atoms with Crippen molar-refractivity contribution in [3.05, 3.63) is 0 Å². The van der Waals surface area contributed by atoms with Crippen LogP contribution >= 0.6 is 0 Å². The molecule has 2 aliphatic rings. The smallest absolute Gasteiger partial charge is 0.115 e. The van der Waals surface area contributed by atoms with E-state index >= 15 is 0 Å². The first-order valence-corrected chi connectivity index (χ1v) is 5.35. The van der Waals surface area contributed by atoms with Gasteiger partial charge in [0.2, 0.25) is 0 Å². The zero-order valence-electron chi connectivity index (χ0n) is 8.52. The number of hydrogen-bond acceptors (Lipinski definition) is 4. The Kier molecular flexibility index (Phi) is 3.38. The van der Waals surface area contributed by atoms with Crippen molar-refractivity contribution < 1.29 is 19.3 Å². The van der Waals surface area contributed by atoms with Gasteiger partial charge in [-0.1, -0.05) is 13.3 Å². The third kappa shape index (κ3) is 1.93. The van der Waals surface area contributed by atoms with Crippen LogP contribution in [0.4, 0.5) is 0 Å². The van der Waals surface area contributed by atoms with Gasteiger partial charge in [-0.15, -0.1) is 0 Å². The minimum absolute atomic E-state index is 0.0173. The molecule has 82 valence electrons. The summed E-state index contributed by atoms with van der Waals surface area (Å²) >= 11 is 0. The van der Waals surface area contributed by atoms with Crippen molar-refractivity contribution in [2.45, 2.75) is 44.2 Å². The van der Waals surface area contributed by atoms with Crippen LogP contribution in [0.15, 0.2) is 0 Å². The molecule has 0 saturated carbocycles. The molecule has 4 nitrogen and oxygen atoms in total. The van der Waals surface area contributed by atoms with E-state index in [1.807, 2.05) is 0 Å². The number of rotatable bonds is 4. The molecule has 0 bridgehead atoms. The minimum Gasteiger partial charge on any atom is -0.388 e. The molecule has 0 aromatic heterocycles. The highest BCUT2D eigenvalue weighted by Crippen LogP contribution is 2.28. The molecule has 2 fully saturated rings. The fourth-order valence-electron chi connectivity index (χ4n) is 1.97. The van der Waals surface area contributed by atoms with Crippen LogP contribution in [-0.2, 0) is 14.2 Å². The van der Waals surface area contributed by atoms with Crippen molar-refractivity contribution in [3.63, 3.8) is 0 Å². The van der Waals surface area contributed by atoms with Gasteiger partial charge in [0.25, 0.3) is 0 Å². The van der Waals surface area contributed by atoms with Crippen LogP contribution < -0.4 is 0 Å². The monoisotopic (exact) mass is 202 g/mol. The molecule has 2 aliphatic heterocycles. The summed E-state index contributed by atoms with van der Waals surface area (Å²) < 4.78 is 16.5. The van der Waals surface area contributed by atoms with Crippen molar-refractivity contribution in [1.29, 1.82) is 0 Å². The van der Waals surface area contributed by atoms with Gasteiger partial charge in [-0.25, -0.2) is 0 Å². The highest BCUT2D eigenvalue weighted by atomic mass is 16.6. The zero-order chi connectivity index (χ0) is 9.97. The molecule has 1 N–H and O–H groups in total. The summed E-state index contributed by atoms with van der Waals surface area (Å²) in [6.45, 7) is 3.82. The molecular weight excluding hydrogens is 184 g/mol. The lowest BCUT2D eigenvalue weighted by molar-refractivity contribution is -0.0375. The van der Waals surface area contributed by atoms with Gasteiger partial charge in [-0.05, 0) is 6.42 Å². The second-order valence-corrected chi connectivity index (χ2v) is 3.93. The van der Waals surface area contributed by atoms with Crippen LogP contribution in [0.25, 0.3) is 0 Å². The van der Waals surface area contributed by atoms with E-state index in [2.05, 4.69) is 6.92 Å². The lowest BCUT2D eigenvalue weighted by Gasteiger charge is -2.16. The topological polar surface area (TPSA) is 47.9 Å². The Morgan fingerprint density at radius 3 is 2.86 bits per heavy atom. The molecule has 2 unspecified atom stereocenters. The maximum atomic E-state index is 9.48. The number of aliphatic hydroxyl groups is 1. The zero-order valence-corrected chi connectivity index (χ0v) is 8.52. The Morgan fingerprint density at radius 1 is 1.29 bits per heavy atom. The van der Waals surface area contributed by atoms with Gasteiger partial charge in [0.1, 0.15) is 24.4 Å². The van der Waals surface area contributed by atoms with E-state index in [9.17, 15) is 5.11 Å². The van der Waals surface area contributed by atoms with Gasteiger partial charge < -0.3 is 19.3 Å². The Morgan fingerprint density at radius 2 is 2.07 bits per heavy atom. The molecule has 0 radical (unpaired) electrons. The first-order valence-electron chi connectivity index (χ1n) is 5.35. The highest BCUT2D eigenvalue weighted by Gasteiger charge is 2.47. The van der Waals surface area contributed by atoms with Crippen molar-refractivity contribution in [1.82, 2.24) is 0 Å². The number of aliphatic hydroxyl groups excluding tert-OH is 1. The molecular formula is C10H18O4. The van der Waals surface area contributed by atoms with Gasteiger partial charge >= 0.3 is 0 Å². The first kappa shape index (κ1) is 10.4. The Balaban J connectivity index is 1.78. The van der Waals surface area contributed by atoms with E-state index in [1.165, 1.54) is 0 Å². The lowest BCUT2D eigenvalue weighted by Crippen LogP contribution is -2.33. The maximum Gasteiger partial charge on any atom is 0.115 e. The van der Waals surface area contributed by atoms with Gasteiger partial charge in [0.05, 0.1) is 13.2 Å². The highest BCUT2D eigenvalue weighted by molar-refractivity contribution is 4.94. The molecule has 0 aromatic rings. The van der Waals surface area contributed by atoms with Crippen LogP contribution in [0.2, 0.25) is 0 Å². The number of hydrogen-bond donors (Lipinski definition) is 1. The number of fused-ring (bicyclic) bond motifs is 1. The van der Waals surface area contributed by atoms with Gasteiger partial charge in [0.15, 0.2) is 0 Å². The van der Waals surface area contributed by atoms with Crippen molar-refractivity contribution in [3.8, 4) is 0 Å². The molecule has 0 aliphatic carbocycles. The Bertz CT molecular complexity index is 185. The van der Waals surface area contributed by atoms with E-state index in [-0.39, 0.29) is 18.3 Å². The number of ether oxygens (including phenoxy) is 3. The van der Waals surface area contributed by atoms with Gasteiger partial charge in [-0.3, -0.25) is 0 Å². The average molecular weight is 202 g/mol. The summed E-state index contributed by atoms with van der Waals surface area (Å²) in [7, 11) is 0. The minimum atomic E-state index is -0.472. The standard InChI is InChI=1S/C10H18O4/c1-2-3-4-12-8-6-14-9-7(11)5-13-10(8)9/h7-11H,2-6H2,1H3/t7-,8+,9?,10?/m1/s1. The molecule has 4 heteroatoms. The van der Waals surface area contributed by atoms with Crippen molar-refractivity contribution in [2.24, 2.45) is 0 Å². The second-order valence-electron chi connectivity index (χ2n) is 3.93. The van der Waals surface area contributed by atoms with Crippen LogP contribution in [0.1, 0.15) is 19.8 Å². The van der Waals surface area contributed by atoms with Crippen LogP contribution in [0.3, 0.4) is 0 Å². The quantitative estimate of drug-likeness (QED) is 0.667. The van der Waals surface area contributed by atoms with E-state index in [0.717, 1.165) is 19.4 Å². The Hall–Kier alpha value is -0.160. The maximum absolute atomic E-state index is 9.48. The molecule has 0 aromatic carbocycles. The van der Waals surface area contributed by atoms with Crippen molar-refractivity contribution >= 4 is 0 Å². The normalized spacial score (nSPS) is 41.6. The first-order chi connectivity index (χ1) is 6.83. The SMILES string of the molecule is CCCCO[C@H]1COC2C1OC[C@H]2O. The predicted molar refractivity (Wildman–Crippen MR) is 50.1 cm³/mol. The van der Waals surface area contributed by atoms with Crippen LogP contribution in [0, 0.1) is 0 Å². The molecule has 14 heavy (non-hydrogen) atoms. The van der Waals surface area contributed by atoms with Gasteiger partial charge in [0, 0.05) is 6.61 Å². The Labute approximate surface area is 84.1 Å². The van der Waals surface area contributed by atoms with E-state index in [1.54, 1.807) is 0 Å². The fraction of sp³-hybridized carbons (Fsp3) is 1.00. The van der Waals surface area contributed by atoms with Crippen molar-refractivity contribution in [2.75, 3.05) is 19.8 Å². The summed E-state index contributed by atoms with van der Waals surface area (Å²) in [5.74, 6) is 0. The third-order valence-corrected chi connectivity index (χ3v) is 2.81. The molecule has 0 spiro atoms. The molecule has 2 rings (SSSR count). The second kappa shape index (κ2) is 4.57. The molecule has 4 atom stereocenters. The predicted octanol–water partition coefficient (Wildman–Crippen LogP) is 0.330.